The molecule has 0 spiro atoms. The molecule has 1 unspecified atom stereocenters. The van der Waals surface area contributed by atoms with E-state index in [1.54, 1.807) is 0 Å². The lowest BCUT2D eigenvalue weighted by molar-refractivity contribution is 0.302. The number of nitrogens with one attached hydrogen (secondary N) is 1. The highest BCUT2D eigenvalue weighted by Gasteiger charge is 2.05. The molecule has 0 amide bonds. The first-order chi connectivity index (χ1) is 8.04. The minimum atomic E-state index is 0.547. The molecular weight excluding hydrogens is 234 g/mol. The molecule has 0 heterocycles. The maximum atomic E-state index is 5.98. The molecule has 0 aromatic heterocycles. The van der Waals surface area contributed by atoms with Crippen molar-refractivity contribution in [1.82, 2.24) is 5.32 Å². The molecule has 2 nitrogen and oxygen atoms in total. The highest BCUT2D eigenvalue weighted by atomic mass is 35.5. The van der Waals surface area contributed by atoms with Gasteiger partial charge in [0.05, 0.1) is 0 Å². The molecule has 96 valence electrons. The maximum Gasteiger partial charge on any atom is 0.125 e. The normalized spacial score (nSPS) is 12.5. The number of hydrogen-bond acceptors (Lipinski definition) is 2. The molecule has 0 saturated carbocycles. The molecule has 17 heavy (non-hydrogen) atoms. The molecule has 0 saturated heterocycles. The van der Waals surface area contributed by atoms with Gasteiger partial charge in [0.2, 0.25) is 0 Å². The van der Waals surface area contributed by atoms with E-state index in [9.17, 15) is 0 Å². The zero-order chi connectivity index (χ0) is 12.8. The van der Waals surface area contributed by atoms with Crippen molar-refractivity contribution in [3.05, 3.63) is 28.3 Å². The van der Waals surface area contributed by atoms with Gasteiger partial charge in [-0.15, -0.1) is 0 Å². The zero-order valence-corrected chi connectivity index (χ0v) is 11.9. The molecule has 1 aromatic carbocycles. The summed E-state index contributed by atoms with van der Waals surface area (Å²) < 4.78 is 5.80. The minimum Gasteiger partial charge on any atom is -0.492 e. The van der Waals surface area contributed by atoms with Crippen LogP contribution in [0.5, 0.6) is 5.75 Å². The second-order valence-corrected chi connectivity index (χ2v) is 4.92. The monoisotopic (exact) mass is 255 g/mol. The van der Waals surface area contributed by atoms with Crippen molar-refractivity contribution in [3.8, 4) is 5.75 Å². The number of hydrogen-bond donors (Lipinski definition) is 1. The van der Waals surface area contributed by atoms with Crippen LogP contribution in [0.25, 0.3) is 0 Å². The summed E-state index contributed by atoms with van der Waals surface area (Å²) in [6.07, 6.45) is 1.14. The standard InChI is InChI=1S/C14H22ClNO/c1-5-12(4)16-6-7-17-14-10(2)8-13(15)9-11(14)3/h8-9,12,16H,5-7H2,1-4H3. The Labute approximate surface area is 109 Å². The number of benzene rings is 1. The largest absolute Gasteiger partial charge is 0.492 e. The van der Waals surface area contributed by atoms with Crippen LogP contribution in [0.1, 0.15) is 31.4 Å². The first-order valence-electron chi connectivity index (χ1n) is 6.17. The Balaban J connectivity index is 2.47. The van der Waals surface area contributed by atoms with E-state index in [-0.39, 0.29) is 0 Å². The fraction of sp³-hybridized carbons (Fsp3) is 0.571. The SMILES string of the molecule is CCC(C)NCCOc1c(C)cc(Cl)cc1C. The van der Waals surface area contributed by atoms with Crippen LogP contribution in [0, 0.1) is 13.8 Å². The molecule has 0 bridgehead atoms. The Morgan fingerprint density at radius 3 is 2.41 bits per heavy atom. The highest BCUT2D eigenvalue weighted by molar-refractivity contribution is 6.30. The zero-order valence-electron chi connectivity index (χ0n) is 11.1. The van der Waals surface area contributed by atoms with Gasteiger partial charge >= 0.3 is 0 Å². The van der Waals surface area contributed by atoms with E-state index in [0.29, 0.717) is 12.6 Å². The Morgan fingerprint density at radius 1 is 1.29 bits per heavy atom. The third kappa shape index (κ3) is 4.57. The van der Waals surface area contributed by atoms with E-state index in [0.717, 1.165) is 34.9 Å². The van der Waals surface area contributed by atoms with E-state index in [1.165, 1.54) is 0 Å². The van der Waals surface area contributed by atoms with Crippen molar-refractivity contribution in [2.45, 2.75) is 40.2 Å². The van der Waals surface area contributed by atoms with Crippen molar-refractivity contribution in [2.24, 2.45) is 0 Å². The number of rotatable bonds is 6. The predicted molar refractivity (Wildman–Crippen MR) is 74.2 cm³/mol. The summed E-state index contributed by atoms with van der Waals surface area (Å²) in [5.41, 5.74) is 2.19. The van der Waals surface area contributed by atoms with Gasteiger partial charge < -0.3 is 10.1 Å². The summed E-state index contributed by atoms with van der Waals surface area (Å²) in [5, 5.41) is 4.17. The molecule has 0 aliphatic rings. The van der Waals surface area contributed by atoms with Crippen LogP contribution in [0.4, 0.5) is 0 Å². The lowest BCUT2D eigenvalue weighted by atomic mass is 10.1. The van der Waals surface area contributed by atoms with Gasteiger partial charge in [0.15, 0.2) is 0 Å². The van der Waals surface area contributed by atoms with E-state index in [2.05, 4.69) is 19.2 Å². The Morgan fingerprint density at radius 2 is 1.88 bits per heavy atom. The fourth-order valence-corrected chi connectivity index (χ4v) is 2.06. The number of halogens is 1. The summed E-state index contributed by atoms with van der Waals surface area (Å²) in [7, 11) is 0. The van der Waals surface area contributed by atoms with Gasteiger partial charge in [0.25, 0.3) is 0 Å². The van der Waals surface area contributed by atoms with Crippen LogP contribution in [0.3, 0.4) is 0 Å². The summed E-state index contributed by atoms with van der Waals surface area (Å²) in [6, 6.07) is 4.42. The lowest BCUT2D eigenvalue weighted by Gasteiger charge is -2.15. The van der Waals surface area contributed by atoms with Crippen LogP contribution < -0.4 is 10.1 Å². The molecule has 1 N–H and O–H groups in total. The van der Waals surface area contributed by atoms with Crippen molar-refractivity contribution < 1.29 is 4.74 Å². The Bertz CT molecular complexity index is 342. The van der Waals surface area contributed by atoms with E-state index >= 15 is 0 Å². The van der Waals surface area contributed by atoms with Crippen LogP contribution in [-0.4, -0.2) is 19.2 Å². The van der Waals surface area contributed by atoms with Gasteiger partial charge in [-0.05, 0) is 50.5 Å². The van der Waals surface area contributed by atoms with Crippen LogP contribution >= 0.6 is 11.6 Å². The van der Waals surface area contributed by atoms with Gasteiger partial charge in [-0.2, -0.15) is 0 Å². The summed E-state index contributed by atoms with van der Waals surface area (Å²) in [5.74, 6) is 0.959. The maximum absolute atomic E-state index is 5.98. The van der Waals surface area contributed by atoms with Crippen LogP contribution in [0.2, 0.25) is 5.02 Å². The summed E-state index contributed by atoms with van der Waals surface area (Å²) >= 11 is 5.98. The molecular formula is C14H22ClNO. The van der Waals surface area contributed by atoms with Gasteiger partial charge in [-0.3, -0.25) is 0 Å². The first kappa shape index (κ1) is 14.3. The van der Waals surface area contributed by atoms with Crippen molar-refractivity contribution in [3.63, 3.8) is 0 Å². The second kappa shape index (κ2) is 6.87. The van der Waals surface area contributed by atoms with E-state index < -0.39 is 0 Å². The van der Waals surface area contributed by atoms with E-state index in [1.807, 2.05) is 26.0 Å². The summed E-state index contributed by atoms with van der Waals surface area (Å²) in [4.78, 5) is 0. The molecule has 0 aliphatic carbocycles. The van der Waals surface area contributed by atoms with Gasteiger partial charge in [0, 0.05) is 17.6 Å². The van der Waals surface area contributed by atoms with Crippen molar-refractivity contribution in [2.75, 3.05) is 13.2 Å². The highest BCUT2D eigenvalue weighted by Crippen LogP contribution is 2.26. The number of ether oxygens (including phenoxy) is 1. The van der Waals surface area contributed by atoms with E-state index in [4.69, 9.17) is 16.3 Å². The third-order valence-corrected chi connectivity index (χ3v) is 3.10. The minimum absolute atomic E-state index is 0.547. The van der Waals surface area contributed by atoms with Crippen LogP contribution in [-0.2, 0) is 0 Å². The van der Waals surface area contributed by atoms with Gasteiger partial charge in [-0.25, -0.2) is 0 Å². The molecule has 3 heteroatoms. The second-order valence-electron chi connectivity index (χ2n) is 4.48. The van der Waals surface area contributed by atoms with Crippen molar-refractivity contribution >= 4 is 11.6 Å². The van der Waals surface area contributed by atoms with Gasteiger partial charge in [0.1, 0.15) is 12.4 Å². The topological polar surface area (TPSA) is 21.3 Å². The van der Waals surface area contributed by atoms with Crippen LogP contribution in [0.15, 0.2) is 12.1 Å². The molecule has 0 radical (unpaired) electrons. The molecule has 1 aromatic rings. The third-order valence-electron chi connectivity index (χ3n) is 2.88. The Kier molecular flexibility index (Phi) is 5.79. The lowest BCUT2D eigenvalue weighted by Crippen LogP contribution is -2.29. The van der Waals surface area contributed by atoms with Crippen molar-refractivity contribution in [1.29, 1.82) is 0 Å². The smallest absolute Gasteiger partial charge is 0.125 e. The molecule has 1 atom stereocenters. The average Bonchev–Trinajstić information content (AvgIpc) is 2.26. The molecule has 1 rings (SSSR count). The molecule has 0 aliphatic heterocycles. The fourth-order valence-electron chi connectivity index (χ4n) is 1.73. The number of aryl methyl sites for hydroxylation is 2. The average molecular weight is 256 g/mol. The Hall–Kier alpha value is -0.730. The van der Waals surface area contributed by atoms with Gasteiger partial charge in [-0.1, -0.05) is 18.5 Å². The quantitative estimate of drug-likeness (QED) is 0.783. The summed E-state index contributed by atoms with van der Waals surface area (Å²) in [6.45, 7) is 9.96. The molecule has 0 fully saturated rings. The predicted octanol–water partition coefficient (Wildman–Crippen LogP) is 3.72. The first-order valence-corrected chi connectivity index (χ1v) is 6.55.